The summed E-state index contributed by atoms with van der Waals surface area (Å²) in [6.45, 7) is 6.33. The van der Waals surface area contributed by atoms with Crippen molar-refractivity contribution in [2.75, 3.05) is 19.8 Å². The Morgan fingerprint density at radius 2 is 1.57 bits per heavy atom. The third-order valence-electron chi connectivity index (χ3n) is 6.16. The van der Waals surface area contributed by atoms with E-state index >= 15 is 0 Å². The van der Waals surface area contributed by atoms with Gasteiger partial charge < -0.3 is 18.4 Å². The zero-order chi connectivity index (χ0) is 31.9. The van der Waals surface area contributed by atoms with E-state index < -0.39 is 28.0 Å². The number of hydrogen-bond donors (Lipinski definition) is 1. The molecule has 0 unspecified atom stereocenters. The zero-order valence-corrected chi connectivity index (χ0v) is 25.9. The van der Waals surface area contributed by atoms with E-state index in [1.807, 2.05) is 13.8 Å². The molecule has 0 radical (unpaired) electrons. The van der Waals surface area contributed by atoms with Crippen LogP contribution in [0, 0.1) is 0 Å². The fourth-order valence-electron chi connectivity index (χ4n) is 4.20. The standard InChI is InChI=1S/C31H31ClN2O9S/c1-4-14-42-25-13-12-20(17-26(25)40-5-2)19-34-30(36)23(29(35)33-31(34)37)15-21-16-24(32)28(27(18-21)41-6-3)43-44(38,39)22-10-8-7-9-11-22/h7-13,15-18H,4-6,14,19H2,1-3H3,(H,33,35,37)/b23-15+. The number of rotatable bonds is 13. The first-order valence-electron chi connectivity index (χ1n) is 13.8. The summed E-state index contributed by atoms with van der Waals surface area (Å²) >= 11 is 6.43. The van der Waals surface area contributed by atoms with Gasteiger partial charge in [0.15, 0.2) is 17.2 Å². The predicted molar refractivity (Wildman–Crippen MR) is 162 cm³/mol. The van der Waals surface area contributed by atoms with Gasteiger partial charge in [0, 0.05) is 0 Å². The summed E-state index contributed by atoms with van der Waals surface area (Å²) < 4.78 is 48.0. The largest absolute Gasteiger partial charge is 0.490 e. The molecular formula is C31H31ClN2O9S. The Labute approximate surface area is 260 Å². The van der Waals surface area contributed by atoms with E-state index in [0.29, 0.717) is 30.3 Å². The van der Waals surface area contributed by atoms with E-state index in [0.717, 1.165) is 11.3 Å². The van der Waals surface area contributed by atoms with Crippen LogP contribution >= 0.6 is 11.6 Å². The predicted octanol–water partition coefficient (Wildman–Crippen LogP) is 5.36. The van der Waals surface area contributed by atoms with Gasteiger partial charge in [0.1, 0.15) is 10.5 Å². The highest BCUT2D eigenvalue weighted by Crippen LogP contribution is 2.39. The number of ether oxygens (including phenoxy) is 3. The molecule has 0 saturated carbocycles. The SMILES string of the molecule is CCCOc1ccc(CN2C(=O)NC(=O)/C(=C\c3cc(Cl)c(OS(=O)(=O)c4ccccc4)c(OCC)c3)C2=O)cc1OCC. The molecule has 0 bridgehead atoms. The Morgan fingerprint density at radius 3 is 2.25 bits per heavy atom. The minimum Gasteiger partial charge on any atom is -0.490 e. The van der Waals surface area contributed by atoms with Crippen LogP contribution in [0.2, 0.25) is 5.02 Å². The Balaban J connectivity index is 1.64. The number of amides is 4. The van der Waals surface area contributed by atoms with Crippen LogP contribution in [0.1, 0.15) is 38.3 Å². The topological polar surface area (TPSA) is 138 Å². The molecule has 232 valence electrons. The molecule has 1 fully saturated rings. The molecule has 0 spiro atoms. The van der Waals surface area contributed by atoms with Gasteiger partial charge in [-0.2, -0.15) is 8.42 Å². The van der Waals surface area contributed by atoms with Crippen molar-refractivity contribution in [1.29, 1.82) is 0 Å². The number of nitrogens with zero attached hydrogens (tertiary/aromatic N) is 1. The summed E-state index contributed by atoms with van der Waals surface area (Å²) in [5, 5.41) is 2.03. The zero-order valence-electron chi connectivity index (χ0n) is 24.3. The fourth-order valence-corrected chi connectivity index (χ4v) is 5.48. The van der Waals surface area contributed by atoms with Gasteiger partial charge in [0.05, 0.1) is 31.4 Å². The maximum absolute atomic E-state index is 13.4. The van der Waals surface area contributed by atoms with Crippen LogP contribution in [0.25, 0.3) is 6.08 Å². The van der Waals surface area contributed by atoms with E-state index in [4.69, 9.17) is 30.0 Å². The molecule has 1 aliphatic heterocycles. The number of nitrogens with one attached hydrogen (secondary N) is 1. The summed E-state index contributed by atoms with van der Waals surface area (Å²) in [6, 6.07) is 14.4. The van der Waals surface area contributed by atoms with Crippen molar-refractivity contribution < 1.29 is 41.2 Å². The molecule has 1 saturated heterocycles. The van der Waals surface area contributed by atoms with Crippen molar-refractivity contribution in [3.8, 4) is 23.0 Å². The van der Waals surface area contributed by atoms with Crippen LogP contribution in [0.4, 0.5) is 4.79 Å². The molecule has 1 N–H and O–H groups in total. The first-order chi connectivity index (χ1) is 21.1. The summed E-state index contributed by atoms with van der Waals surface area (Å²) in [7, 11) is -4.25. The molecular weight excluding hydrogens is 612 g/mol. The lowest BCUT2D eigenvalue weighted by molar-refractivity contribution is -0.130. The lowest BCUT2D eigenvalue weighted by Crippen LogP contribution is -2.53. The van der Waals surface area contributed by atoms with E-state index in [1.165, 1.54) is 30.3 Å². The van der Waals surface area contributed by atoms with Gasteiger partial charge in [-0.15, -0.1) is 0 Å². The van der Waals surface area contributed by atoms with Crippen molar-refractivity contribution in [1.82, 2.24) is 10.2 Å². The Kier molecular flexibility index (Phi) is 10.5. The molecule has 3 aromatic carbocycles. The maximum atomic E-state index is 13.4. The molecule has 44 heavy (non-hydrogen) atoms. The highest BCUT2D eigenvalue weighted by atomic mass is 35.5. The second kappa shape index (κ2) is 14.3. The van der Waals surface area contributed by atoms with Crippen molar-refractivity contribution in [3.05, 3.63) is 82.4 Å². The second-order valence-corrected chi connectivity index (χ2v) is 11.3. The third-order valence-corrected chi connectivity index (χ3v) is 7.68. The van der Waals surface area contributed by atoms with Crippen molar-refractivity contribution in [2.24, 2.45) is 0 Å². The number of halogens is 1. The van der Waals surface area contributed by atoms with Crippen molar-refractivity contribution in [2.45, 2.75) is 38.6 Å². The van der Waals surface area contributed by atoms with Crippen molar-refractivity contribution >= 4 is 45.6 Å². The van der Waals surface area contributed by atoms with Gasteiger partial charge in [0.2, 0.25) is 5.75 Å². The average Bonchev–Trinajstić information content (AvgIpc) is 2.99. The Bertz CT molecular complexity index is 1690. The molecule has 11 nitrogen and oxygen atoms in total. The van der Waals surface area contributed by atoms with Gasteiger partial charge in [-0.3, -0.25) is 19.8 Å². The molecule has 3 aromatic rings. The van der Waals surface area contributed by atoms with Gasteiger partial charge in [-0.1, -0.05) is 42.8 Å². The lowest BCUT2D eigenvalue weighted by atomic mass is 10.1. The second-order valence-electron chi connectivity index (χ2n) is 9.38. The molecule has 13 heteroatoms. The number of hydrogen-bond acceptors (Lipinski definition) is 9. The summed E-state index contributed by atoms with van der Waals surface area (Å²) in [6.07, 6.45) is 2.03. The monoisotopic (exact) mass is 642 g/mol. The van der Waals surface area contributed by atoms with Crippen LogP contribution in [0.15, 0.2) is 71.1 Å². The van der Waals surface area contributed by atoms with Gasteiger partial charge in [-0.05, 0) is 73.9 Å². The molecule has 1 heterocycles. The molecule has 4 rings (SSSR count). The van der Waals surface area contributed by atoms with Gasteiger partial charge in [-0.25, -0.2) is 4.79 Å². The minimum absolute atomic E-state index is 0.0307. The van der Waals surface area contributed by atoms with E-state index in [2.05, 4.69) is 5.32 Å². The van der Waals surface area contributed by atoms with E-state index in [9.17, 15) is 22.8 Å². The van der Waals surface area contributed by atoms with Crippen LogP contribution in [-0.2, 0) is 26.3 Å². The average molecular weight is 643 g/mol. The van der Waals surface area contributed by atoms with E-state index in [-0.39, 0.29) is 45.7 Å². The molecule has 1 aliphatic rings. The fraction of sp³-hybridized carbons (Fsp3) is 0.258. The summed E-state index contributed by atoms with van der Waals surface area (Å²) in [5.74, 6) is -1.04. The normalized spacial score (nSPS) is 14.4. The van der Waals surface area contributed by atoms with Crippen LogP contribution < -0.4 is 23.7 Å². The molecule has 0 atom stereocenters. The number of urea groups is 1. The highest BCUT2D eigenvalue weighted by molar-refractivity contribution is 7.87. The van der Waals surface area contributed by atoms with E-state index in [1.54, 1.807) is 43.3 Å². The number of barbiturate groups is 1. The van der Waals surface area contributed by atoms with Crippen LogP contribution in [-0.4, -0.2) is 51.0 Å². The van der Waals surface area contributed by atoms with Gasteiger partial charge >= 0.3 is 16.1 Å². The molecule has 4 amide bonds. The number of benzene rings is 3. The quantitative estimate of drug-likeness (QED) is 0.148. The van der Waals surface area contributed by atoms with Crippen molar-refractivity contribution in [3.63, 3.8) is 0 Å². The first kappa shape index (κ1) is 32.4. The Morgan fingerprint density at radius 1 is 0.864 bits per heavy atom. The van der Waals surface area contributed by atoms with Crippen LogP contribution in [0.5, 0.6) is 23.0 Å². The van der Waals surface area contributed by atoms with Gasteiger partial charge in [0.25, 0.3) is 11.8 Å². The summed E-state index contributed by atoms with van der Waals surface area (Å²) in [4.78, 5) is 39.7. The lowest BCUT2D eigenvalue weighted by Gasteiger charge is -2.26. The minimum atomic E-state index is -4.25. The smallest absolute Gasteiger partial charge is 0.339 e. The number of imide groups is 2. The number of carbonyl (C=O) groups excluding carboxylic acids is 3. The first-order valence-corrected chi connectivity index (χ1v) is 15.6. The molecule has 0 aliphatic carbocycles. The number of carbonyl (C=O) groups is 3. The van der Waals surface area contributed by atoms with Crippen LogP contribution in [0.3, 0.4) is 0 Å². The Hall–Kier alpha value is -4.55. The highest BCUT2D eigenvalue weighted by Gasteiger charge is 2.36. The third kappa shape index (κ3) is 7.50. The maximum Gasteiger partial charge on any atom is 0.339 e. The molecule has 0 aromatic heterocycles. The summed E-state index contributed by atoms with van der Waals surface area (Å²) in [5.41, 5.74) is 0.450.